The molecule has 268 valence electrons. The van der Waals surface area contributed by atoms with Crippen LogP contribution in [0.25, 0.3) is 28.7 Å². The Bertz CT molecular complexity index is 2180. The maximum Gasteiger partial charge on any atom is 0.219 e. The maximum absolute atomic E-state index is 10.2. The summed E-state index contributed by atoms with van der Waals surface area (Å²) in [7, 11) is 3.84. The van der Waals surface area contributed by atoms with E-state index in [1.165, 1.54) is 0 Å². The zero-order valence-corrected chi connectivity index (χ0v) is 29.5. The van der Waals surface area contributed by atoms with Gasteiger partial charge in [-0.05, 0) is 82.2 Å². The van der Waals surface area contributed by atoms with E-state index >= 15 is 0 Å². The lowest BCUT2D eigenvalue weighted by molar-refractivity contribution is 0.0174. The number of methoxy groups -OCH3 is 1. The number of nitrogens with zero attached hydrogens (tertiary/aromatic N) is 10. The molecule has 5 atom stereocenters. The van der Waals surface area contributed by atoms with Crippen LogP contribution in [0.3, 0.4) is 0 Å². The molecule has 1 aromatic carbocycles. The van der Waals surface area contributed by atoms with Crippen LogP contribution in [0, 0.1) is 11.3 Å². The number of aryl methyl sites for hydroxylation is 1. The van der Waals surface area contributed by atoms with Crippen molar-refractivity contribution in [2.75, 3.05) is 39.6 Å². The van der Waals surface area contributed by atoms with E-state index in [-0.39, 0.29) is 24.3 Å². The first kappa shape index (κ1) is 32.7. The van der Waals surface area contributed by atoms with Gasteiger partial charge in [-0.2, -0.15) is 15.3 Å². The fourth-order valence-corrected chi connectivity index (χ4v) is 8.96. The van der Waals surface area contributed by atoms with E-state index in [1.807, 2.05) is 42.2 Å². The highest BCUT2D eigenvalue weighted by atomic mass is 16.5. The van der Waals surface area contributed by atoms with Crippen LogP contribution in [-0.2, 0) is 27.7 Å². The minimum Gasteiger partial charge on any atom is -0.473 e. The highest BCUT2D eigenvalue weighted by molar-refractivity contribution is 5.68. The number of benzene rings is 1. The average Bonchev–Trinajstić information content (AvgIpc) is 4.00. The molecule has 4 aliphatic rings. The van der Waals surface area contributed by atoms with E-state index in [1.54, 1.807) is 17.9 Å². The number of likely N-dealkylation sites (N-methyl/N-ethyl adjacent to an activating group) is 1. The number of fused-ring (bicyclic) bond motifs is 4. The molecular weight excluding hydrogens is 662 g/mol. The van der Waals surface area contributed by atoms with Crippen LogP contribution < -0.4 is 10.5 Å². The van der Waals surface area contributed by atoms with Crippen molar-refractivity contribution in [3.8, 4) is 40.7 Å². The second kappa shape index (κ2) is 12.8. The van der Waals surface area contributed by atoms with Gasteiger partial charge in [-0.1, -0.05) is 16.4 Å². The van der Waals surface area contributed by atoms with Crippen molar-refractivity contribution in [2.24, 2.45) is 0 Å². The summed E-state index contributed by atoms with van der Waals surface area (Å²) < 4.78 is 27.8. The maximum atomic E-state index is 10.2. The Kier molecular flexibility index (Phi) is 8.05. The molecule has 9 rings (SSSR count). The molecule has 6 heterocycles. The van der Waals surface area contributed by atoms with Gasteiger partial charge in [0.25, 0.3) is 0 Å². The number of ether oxygens (including phenoxy) is 3. The van der Waals surface area contributed by atoms with Crippen LogP contribution in [0.15, 0.2) is 41.2 Å². The van der Waals surface area contributed by atoms with Gasteiger partial charge in [0.05, 0.1) is 42.0 Å². The molecule has 0 radical (unpaired) electrons. The van der Waals surface area contributed by atoms with Gasteiger partial charge in [-0.15, -0.1) is 5.10 Å². The Morgan fingerprint density at radius 3 is 2.87 bits per heavy atom. The van der Waals surface area contributed by atoms with E-state index < -0.39 is 5.41 Å². The van der Waals surface area contributed by atoms with Gasteiger partial charge < -0.3 is 24.5 Å². The van der Waals surface area contributed by atoms with Crippen molar-refractivity contribution in [3.63, 3.8) is 0 Å². The highest BCUT2D eigenvalue weighted by Crippen LogP contribution is 2.54. The fraction of sp³-hybridized carbons (Fsp3) is 0.486. The summed E-state index contributed by atoms with van der Waals surface area (Å²) in [4.78, 5) is 12.2. The Balaban J connectivity index is 1.11. The molecule has 2 fully saturated rings. The third-order valence-electron chi connectivity index (χ3n) is 11.5. The van der Waals surface area contributed by atoms with Gasteiger partial charge in [0, 0.05) is 43.8 Å². The summed E-state index contributed by atoms with van der Waals surface area (Å²) in [5, 5.41) is 28.4. The summed E-state index contributed by atoms with van der Waals surface area (Å²) in [5.74, 6) is 2.04. The normalized spacial score (nSPS) is 24.6. The molecule has 2 N–H and O–H groups in total. The second-order valence-electron chi connectivity index (χ2n) is 14.4. The minimum absolute atomic E-state index is 0.0408. The third kappa shape index (κ3) is 5.27. The lowest BCUT2D eigenvalue weighted by atomic mass is 9.68. The first-order valence-electron chi connectivity index (χ1n) is 18.0. The number of nitriles is 1. The average molecular weight is 704 g/mol. The standard InChI is InChI=1S/C37H41N11O4/c1-21(34-29(49-3)10-14-46(34)2)51-31-17-30(47-15-9-27(43-47)28-19-48(45-42-28)23-11-16-50-20-23)40-36(41-31)33-24-5-4-12-37(35(24)52-44-33)13-8-22-6-7-26(39)25(18-38)32(22)37/h6-7,9,15,17,19,21,23,29,34H,4-5,8,10-14,16,20,39H2,1-3H3/t21-,23+,29-,34+,37-/m0/s1. The lowest BCUT2D eigenvalue weighted by Gasteiger charge is -2.33. The van der Waals surface area contributed by atoms with Gasteiger partial charge in [-0.25, -0.2) is 14.3 Å². The molecule has 1 spiro atoms. The van der Waals surface area contributed by atoms with E-state index in [0.29, 0.717) is 52.5 Å². The number of hydrogen-bond donors (Lipinski definition) is 1. The number of nitrogen functional groups attached to an aromatic ring is 1. The Morgan fingerprint density at radius 2 is 2.04 bits per heavy atom. The smallest absolute Gasteiger partial charge is 0.219 e. The number of aromatic nitrogens is 8. The molecule has 4 aromatic heterocycles. The zero-order chi connectivity index (χ0) is 35.6. The summed E-state index contributed by atoms with van der Waals surface area (Å²) in [6.45, 7) is 4.30. The van der Waals surface area contributed by atoms with Crippen LogP contribution in [0.5, 0.6) is 5.88 Å². The quantitative estimate of drug-likeness (QED) is 0.229. The number of likely N-dealkylation sites (tertiary alicyclic amines) is 1. The number of anilines is 1. The molecule has 0 saturated carbocycles. The van der Waals surface area contributed by atoms with Crippen LogP contribution >= 0.6 is 0 Å². The summed E-state index contributed by atoms with van der Waals surface area (Å²) in [5.41, 5.74) is 11.8. The molecule has 15 nitrogen and oxygen atoms in total. The predicted octanol–water partition coefficient (Wildman–Crippen LogP) is 4.05. The van der Waals surface area contributed by atoms with Crippen molar-refractivity contribution >= 4 is 5.69 Å². The van der Waals surface area contributed by atoms with Crippen LogP contribution in [0.4, 0.5) is 5.69 Å². The van der Waals surface area contributed by atoms with E-state index in [4.69, 9.17) is 39.5 Å². The summed E-state index contributed by atoms with van der Waals surface area (Å²) >= 11 is 0. The molecular formula is C37H41N11O4. The van der Waals surface area contributed by atoms with Gasteiger partial charge in [0.1, 0.15) is 23.6 Å². The van der Waals surface area contributed by atoms with Gasteiger partial charge in [-0.3, -0.25) is 4.90 Å². The molecule has 15 heteroatoms. The van der Waals surface area contributed by atoms with Crippen molar-refractivity contribution in [1.29, 1.82) is 5.26 Å². The molecule has 0 unspecified atom stereocenters. The molecule has 0 amide bonds. The highest BCUT2D eigenvalue weighted by Gasteiger charge is 2.49. The largest absolute Gasteiger partial charge is 0.473 e. The first-order valence-corrected chi connectivity index (χ1v) is 18.0. The van der Waals surface area contributed by atoms with Crippen molar-refractivity contribution < 1.29 is 18.7 Å². The first-order chi connectivity index (χ1) is 25.4. The van der Waals surface area contributed by atoms with E-state index in [9.17, 15) is 5.26 Å². The molecule has 0 bridgehead atoms. The monoisotopic (exact) mass is 703 g/mol. The summed E-state index contributed by atoms with van der Waals surface area (Å²) in [6.07, 6.45) is 9.50. The number of nitrogens with two attached hydrogens (primary N) is 1. The van der Waals surface area contributed by atoms with Gasteiger partial charge in [0.15, 0.2) is 23.1 Å². The molecule has 52 heavy (non-hydrogen) atoms. The molecule has 5 aromatic rings. The fourth-order valence-electron chi connectivity index (χ4n) is 8.96. The lowest BCUT2D eigenvalue weighted by Crippen LogP contribution is -2.44. The second-order valence-corrected chi connectivity index (χ2v) is 14.4. The van der Waals surface area contributed by atoms with Crippen LogP contribution in [0.2, 0.25) is 0 Å². The Labute approximate surface area is 300 Å². The predicted molar refractivity (Wildman–Crippen MR) is 188 cm³/mol. The van der Waals surface area contributed by atoms with Gasteiger partial charge in [0.2, 0.25) is 5.88 Å². The topological polar surface area (TPSA) is 181 Å². The van der Waals surface area contributed by atoms with Crippen LogP contribution in [-0.4, -0.2) is 97.0 Å². The van der Waals surface area contributed by atoms with E-state index in [2.05, 4.69) is 33.5 Å². The third-order valence-corrected chi connectivity index (χ3v) is 11.5. The molecule has 2 aliphatic carbocycles. The number of hydrogen-bond acceptors (Lipinski definition) is 13. The zero-order valence-electron chi connectivity index (χ0n) is 29.5. The summed E-state index contributed by atoms with van der Waals surface area (Å²) in [6, 6.07) is 10.2. The Morgan fingerprint density at radius 1 is 1.13 bits per heavy atom. The van der Waals surface area contributed by atoms with Crippen molar-refractivity contribution in [1.82, 2.24) is 44.8 Å². The van der Waals surface area contributed by atoms with Crippen molar-refractivity contribution in [2.45, 2.75) is 81.6 Å². The SMILES string of the molecule is CO[C@H]1CCN(C)[C@@H]1[C@H](C)Oc1cc(-n2ccc(-c3cn([C@@H]4CCOC4)nn3)n2)nc(-c2noc3c2CCC[C@@]32CCc3ccc(N)c(C#N)c32)n1. The molecule has 2 aliphatic heterocycles. The van der Waals surface area contributed by atoms with Crippen LogP contribution in [0.1, 0.15) is 73.1 Å². The van der Waals surface area contributed by atoms with Crippen molar-refractivity contribution in [3.05, 3.63) is 64.7 Å². The molecule has 2 saturated heterocycles. The minimum atomic E-state index is -0.485. The van der Waals surface area contributed by atoms with E-state index in [0.717, 1.165) is 80.5 Å². The Hall–Kier alpha value is -5.17. The number of rotatable bonds is 8. The van der Waals surface area contributed by atoms with Gasteiger partial charge >= 0.3 is 0 Å².